The average Bonchev–Trinajstić information content (AvgIpc) is 3.24. The van der Waals surface area contributed by atoms with Gasteiger partial charge in [-0.25, -0.2) is 0 Å². The van der Waals surface area contributed by atoms with Crippen molar-refractivity contribution in [2.24, 2.45) is 0 Å². The van der Waals surface area contributed by atoms with E-state index in [9.17, 15) is 9.59 Å². The summed E-state index contributed by atoms with van der Waals surface area (Å²) in [6.07, 6.45) is 1.89. The van der Waals surface area contributed by atoms with Crippen molar-refractivity contribution in [1.29, 1.82) is 0 Å². The molecule has 3 rings (SSSR count). The van der Waals surface area contributed by atoms with Crippen molar-refractivity contribution in [3.63, 3.8) is 0 Å². The number of ether oxygens (including phenoxy) is 1. The molecule has 1 aliphatic carbocycles. The van der Waals surface area contributed by atoms with E-state index in [4.69, 9.17) is 9.84 Å². The third-order valence-corrected chi connectivity index (χ3v) is 3.23. The summed E-state index contributed by atoms with van der Waals surface area (Å²) in [7, 11) is 0. The van der Waals surface area contributed by atoms with Gasteiger partial charge in [-0.1, -0.05) is 18.2 Å². The van der Waals surface area contributed by atoms with Crippen LogP contribution in [-0.4, -0.2) is 21.0 Å². The molecule has 108 valence electrons. The predicted octanol–water partition coefficient (Wildman–Crippen LogP) is 2.07. The van der Waals surface area contributed by atoms with Gasteiger partial charge < -0.3 is 14.8 Å². The molecule has 0 amide bonds. The summed E-state index contributed by atoms with van der Waals surface area (Å²) in [6.45, 7) is 0. The fourth-order valence-electron chi connectivity index (χ4n) is 2.08. The Morgan fingerprint density at radius 2 is 2.14 bits per heavy atom. The first-order valence-electron chi connectivity index (χ1n) is 6.70. The lowest BCUT2D eigenvalue weighted by Gasteiger charge is -2.09. The van der Waals surface area contributed by atoms with Gasteiger partial charge in [-0.3, -0.25) is 9.59 Å². The number of para-hydroxylation sites is 1. The molecule has 1 saturated carbocycles. The van der Waals surface area contributed by atoms with Crippen molar-refractivity contribution < 1.29 is 14.6 Å². The lowest BCUT2D eigenvalue weighted by atomic mass is 10.1. The molecule has 0 unspecified atom stereocenters. The zero-order valence-corrected chi connectivity index (χ0v) is 11.2. The molecule has 1 fully saturated rings. The molecule has 1 aliphatic rings. The minimum Gasteiger partial charge on any atom is -0.481 e. The van der Waals surface area contributed by atoms with E-state index in [0.29, 0.717) is 23.1 Å². The van der Waals surface area contributed by atoms with Crippen molar-refractivity contribution in [2.75, 3.05) is 0 Å². The van der Waals surface area contributed by atoms with Crippen LogP contribution in [0.1, 0.15) is 30.1 Å². The first kappa shape index (κ1) is 13.4. The van der Waals surface area contributed by atoms with Crippen LogP contribution in [0.3, 0.4) is 0 Å². The lowest BCUT2D eigenvalue weighted by molar-refractivity contribution is -0.136. The highest BCUT2D eigenvalue weighted by atomic mass is 16.5. The second-order valence-corrected chi connectivity index (χ2v) is 5.02. The first-order chi connectivity index (χ1) is 10.1. The molecule has 6 heteroatoms. The van der Waals surface area contributed by atoms with Crippen LogP contribution in [0.5, 0.6) is 11.6 Å². The normalized spacial score (nSPS) is 13.9. The van der Waals surface area contributed by atoms with Crippen LogP contribution >= 0.6 is 0 Å². The number of carbonyl (C=O) groups is 1. The van der Waals surface area contributed by atoms with Crippen molar-refractivity contribution >= 4 is 5.97 Å². The van der Waals surface area contributed by atoms with Gasteiger partial charge in [0.2, 0.25) is 5.88 Å². The van der Waals surface area contributed by atoms with Crippen LogP contribution in [0.4, 0.5) is 0 Å². The Morgan fingerprint density at radius 3 is 2.86 bits per heavy atom. The Kier molecular flexibility index (Phi) is 3.43. The Hall–Kier alpha value is -2.63. The highest BCUT2D eigenvalue weighted by molar-refractivity contribution is 5.71. The quantitative estimate of drug-likeness (QED) is 0.877. The zero-order chi connectivity index (χ0) is 14.8. The molecule has 21 heavy (non-hydrogen) atoms. The number of nitrogens with one attached hydrogen (secondary N) is 1. The van der Waals surface area contributed by atoms with Gasteiger partial charge >= 0.3 is 5.97 Å². The summed E-state index contributed by atoms with van der Waals surface area (Å²) in [5.74, 6) is 0.588. The number of H-pyrrole nitrogens is 1. The molecule has 0 bridgehead atoms. The monoisotopic (exact) mass is 286 g/mol. The van der Waals surface area contributed by atoms with Crippen LogP contribution in [0, 0.1) is 0 Å². The van der Waals surface area contributed by atoms with Gasteiger partial charge in [0.05, 0.1) is 12.5 Å². The van der Waals surface area contributed by atoms with E-state index in [1.165, 1.54) is 6.07 Å². The fourth-order valence-corrected chi connectivity index (χ4v) is 2.08. The topological polar surface area (TPSA) is 92.3 Å². The highest BCUT2D eigenvalue weighted by Gasteiger charge is 2.26. The number of aliphatic carboxylic acids is 1. The molecule has 0 radical (unpaired) electrons. The van der Waals surface area contributed by atoms with Crippen LogP contribution in [-0.2, 0) is 11.2 Å². The van der Waals surface area contributed by atoms with E-state index in [1.807, 2.05) is 0 Å². The Balaban J connectivity index is 1.89. The minimum atomic E-state index is -0.941. The molecule has 0 saturated heterocycles. The number of hydrogen-bond donors (Lipinski definition) is 2. The van der Waals surface area contributed by atoms with Crippen LogP contribution in [0.15, 0.2) is 35.1 Å². The van der Waals surface area contributed by atoms with Gasteiger partial charge in [0.25, 0.3) is 5.56 Å². The molecule has 0 spiro atoms. The molecule has 2 aromatic rings. The van der Waals surface area contributed by atoms with Crippen LogP contribution in [0.2, 0.25) is 0 Å². The molecule has 1 heterocycles. The minimum absolute atomic E-state index is 0.144. The van der Waals surface area contributed by atoms with E-state index >= 15 is 0 Å². The van der Waals surface area contributed by atoms with E-state index in [2.05, 4.69) is 9.97 Å². The third kappa shape index (κ3) is 3.28. The second-order valence-electron chi connectivity index (χ2n) is 5.02. The maximum atomic E-state index is 11.6. The van der Waals surface area contributed by atoms with Crippen LogP contribution in [0.25, 0.3) is 0 Å². The molecular formula is C15H14N2O4. The number of aromatic amines is 1. The number of benzene rings is 1. The molecule has 1 aromatic heterocycles. The summed E-state index contributed by atoms with van der Waals surface area (Å²) in [5.41, 5.74) is 0.276. The van der Waals surface area contributed by atoms with Gasteiger partial charge in [0.1, 0.15) is 11.6 Å². The maximum Gasteiger partial charge on any atom is 0.307 e. The second kappa shape index (κ2) is 5.40. The van der Waals surface area contributed by atoms with Gasteiger partial charge in [0.15, 0.2) is 0 Å². The van der Waals surface area contributed by atoms with E-state index in [1.54, 1.807) is 24.3 Å². The van der Waals surface area contributed by atoms with Gasteiger partial charge in [0, 0.05) is 11.5 Å². The SMILES string of the molecule is O=C(O)Cc1ccccc1Oc1cc(=O)[nH]c(C2CC2)n1. The van der Waals surface area contributed by atoms with Crippen molar-refractivity contribution in [2.45, 2.75) is 25.2 Å². The molecule has 1 aromatic carbocycles. The summed E-state index contributed by atoms with van der Waals surface area (Å²) in [6, 6.07) is 8.10. The van der Waals surface area contributed by atoms with Crippen LogP contribution < -0.4 is 10.3 Å². The van der Waals surface area contributed by atoms with E-state index in [-0.39, 0.29) is 17.9 Å². The first-order valence-corrected chi connectivity index (χ1v) is 6.70. The number of carboxylic acids is 1. The zero-order valence-electron chi connectivity index (χ0n) is 11.2. The Bertz CT molecular complexity index is 734. The Morgan fingerprint density at radius 1 is 1.38 bits per heavy atom. The average molecular weight is 286 g/mol. The highest BCUT2D eigenvalue weighted by Crippen LogP contribution is 2.38. The summed E-state index contributed by atoms with van der Waals surface area (Å²) < 4.78 is 5.62. The van der Waals surface area contributed by atoms with E-state index in [0.717, 1.165) is 12.8 Å². The number of aromatic nitrogens is 2. The van der Waals surface area contributed by atoms with Gasteiger partial charge in [-0.2, -0.15) is 4.98 Å². The van der Waals surface area contributed by atoms with E-state index < -0.39 is 5.97 Å². The summed E-state index contributed by atoms with van der Waals surface area (Å²) in [4.78, 5) is 29.5. The molecular weight excluding hydrogens is 272 g/mol. The number of hydrogen-bond acceptors (Lipinski definition) is 4. The van der Waals surface area contributed by atoms with Crippen molar-refractivity contribution in [3.05, 3.63) is 52.1 Å². The van der Waals surface area contributed by atoms with Crippen molar-refractivity contribution in [3.8, 4) is 11.6 Å². The Labute approximate surface area is 120 Å². The summed E-state index contributed by atoms with van der Waals surface area (Å²) >= 11 is 0. The van der Waals surface area contributed by atoms with Gasteiger partial charge in [-0.15, -0.1) is 0 Å². The molecule has 6 nitrogen and oxygen atoms in total. The molecule has 0 atom stereocenters. The standard InChI is InChI=1S/C15H14N2O4/c18-12-8-13(17-15(16-12)9-5-6-9)21-11-4-2-1-3-10(11)7-14(19)20/h1-4,8-9H,5-7H2,(H,19,20)(H,16,17,18). The van der Waals surface area contributed by atoms with Gasteiger partial charge in [-0.05, 0) is 18.9 Å². The number of rotatable bonds is 5. The molecule has 2 N–H and O–H groups in total. The third-order valence-electron chi connectivity index (χ3n) is 3.23. The summed E-state index contributed by atoms with van der Waals surface area (Å²) in [5, 5.41) is 8.90. The smallest absolute Gasteiger partial charge is 0.307 e. The number of carboxylic acid groups (broad SMARTS) is 1. The molecule has 0 aliphatic heterocycles. The largest absolute Gasteiger partial charge is 0.481 e. The number of nitrogens with zero attached hydrogens (tertiary/aromatic N) is 1. The van der Waals surface area contributed by atoms with Crippen molar-refractivity contribution in [1.82, 2.24) is 9.97 Å². The predicted molar refractivity (Wildman–Crippen MR) is 74.7 cm³/mol. The lowest BCUT2D eigenvalue weighted by Crippen LogP contribution is -2.10. The maximum absolute atomic E-state index is 11.6. The fraction of sp³-hybridized carbons (Fsp3) is 0.267.